The van der Waals surface area contributed by atoms with E-state index in [1.165, 1.54) is 18.2 Å². The van der Waals surface area contributed by atoms with E-state index in [4.69, 9.17) is 10.3 Å². The number of benzene rings is 1. The minimum Gasteiger partial charge on any atom is -0.465 e. The largest absolute Gasteiger partial charge is 0.465 e. The van der Waals surface area contributed by atoms with Gasteiger partial charge in [0.2, 0.25) is 0 Å². The molecule has 1 rings (SSSR count). The first kappa shape index (κ1) is 11.0. The zero-order valence-corrected chi connectivity index (χ0v) is 7.64. The van der Waals surface area contributed by atoms with Gasteiger partial charge in [0.05, 0.1) is 6.21 Å². The second kappa shape index (κ2) is 4.94. The molecule has 0 aliphatic carbocycles. The minimum absolute atomic E-state index is 0.131. The molecule has 0 saturated carbocycles. The molecule has 0 spiro atoms. The molecule has 1 amide bonds. The summed E-state index contributed by atoms with van der Waals surface area (Å²) in [5.41, 5.74) is 0.677. The Hall–Kier alpha value is -2.11. The van der Waals surface area contributed by atoms with Crippen LogP contribution in [-0.4, -0.2) is 22.6 Å². The van der Waals surface area contributed by atoms with Gasteiger partial charge in [-0.05, 0) is 17.7 Å². The van der Waals surface area contributed by atoms with Gasteiger partial charge in [-0.2, -0.15) is 0 Å². The summed E-state index contributed by atoms with van der Waals surface area (Å²) in [5.74, 6) is -0.515. The summed E-state index contributed by atoms with van der Waals surface area (Å²) in [6, 6.07) is 3.99. The van der Waals surface area contributed by atoms with Crippen molar-refractivity contribution >= 4 is 12.3 Å². The van der Waals surface area contributed by atoms with Gasteiger partial charge in [-0.3, -0.25) is 0 Å². The molecule has 5 nitrogen and oxygen atoms in total. The second-order valence-electron chi connectivity index (χ2n) is 2.75. The Labute approximate surface area is 84.8 Å². The molecule has 0 aliphatic rings. The molecule has 80 valence electrons. The second-order valence-corrected chi connectivity index (χ2v) is 2.75. The zero-order chi connectivity index (χ0) is 11.3. The third kappa shape index (κ3) is 3.26. The lowest BCUT2D eigenvalue weighted by Gasteiger charge is -2.03. The van der Waals surface area contributed by atoms with Gasteiger partial charge in [-0.25, -0.2) is 9.18 Å². The van der Waals surface area contributed by atoms with Crippen LogP contribution in [0.2, 0.25) is 0 Å². The lowest BCUT2D eigenvalue weighted by atomic mass is 10.1. The number of nitrogens with one attached hydrogen (secondary N) is 1. The Kier molecular flexibility index (Phi) is 3.61. The number of carboxylic acid groups (broad SMARTS) is 1. The van der Waals surface area contributed by atoms with E-state index in [0.29, 0.717) is 5.56 Å². The molecule has 0 unspecified atom stereocenters. The molecule has 0 saturated heterocycles. The number of rotatable bonds is 3. The molecular formula is C9H9FN2O3. The van der Waals surface area contributed by atoms with Crippen LogP contribution in [0.3, 0.4) is 0 Å². The average Bonchev–Trinajstić information content (AvgIpc) is 2.19. The first-order valence-electron chi connectivity index (χ1n) is 4.06. The van der Waals surface area contributed by atoms with Crippen molar-refractivity contribution in [2.45, 2.75) is 6.54 Å². The maximum absolute atomic E-state index is 13.1. The molecule has 0 heterocycles. The van der Waals surface area contributed by atoms with Crippen LogP contribution < -0.4 is 5.32 Å². The van der Waals surface area contributed by atoms with Gasteiger partial charge in [0.1, 0.15) is 5.82 Å². The highest BCUT2D eigenvalue weighted by Gasteiger charge is 2.04. The molecule has 1 aromatic rings. The van der Waals surface area contributed by atoms with Crippen LogP contribution >= 0.6 is 0 Å². The summed E-state index contributed by atoms with van der Waals surface area (Å²) < 4.78 is 13.1. The van der Waals surface area contributed by atoms with Crippen LogP contribution in [0.4, 0.5) is 9.18 Å². The van der Waals surface area contributed by atoms with Crippen molar-refractivity contribution in [1.82, 2.24) is 5.32 Å². The van der Waals surface area contributed by atoms with Crippen LogP contribution in [-0.2, 0) is 6.54 Å². The van der Waals surface area contributed by atoms with Crippen LogP contribution in [0, 0.1) is 5.82 Å². The van der Waals surface area contributed by atoms with Gasteiger partial charge >= 0.3 is 6.09 Å². The highest BCUT2D eigenvalue weighted by Crippen LogP contribution is 2.09. The highest BCUT2D eigenvalue weighted by molar-refractivity contribution is 5.79. The van der Waals surface area contributed by atoms with Crippen molar-refractivity contribution < 1.29 is 19.5 Å². The molecule has 0 radical (unpaired) electrons. The van der Waals surface area contributed by atoms with Crippen LogP contribution in [0.5, 0.6) is 0 Å². The third-order valence-electron chi connectivity index (χ3n) is 1.71. The average molecular weight is 212 g/mol. The third-order valence-corrected chi connectivity index (χ3v) is 1.71. The van der Waals surface area contributed by atoms with Crippen LogP contribution in [0.25, 0.3) is 0 Å². The molecule has 0 atom stereocenters. The summed E-state index contributed by atoms with van der Waals surface area (Å²) in [7, 11) is 0. The molecule has 15 heavy (non-hydrogen) atoms. The van der Waals surface area contributed by atoms with Gasteiger partial charge in [-0.15, -0.1) is 0 Å². The Morgan fingerprint density at radius 3 is 2.93 bits per heavy atom. The maximum Gasteiger partial charge on any atom is 0.404 e. The standard InChI is InChI=1S/C9H9FN2O3/c10-8-2-1-6(4-12-15)3-7(8)5-11-9(13)14/h1-4,11,15H,5H2,(H,13,14)/b12-4+. The summed E-state index contributed by atoms with van der Waals surface area (Å²) >= 11 is 0. The normalized spacial score (nSPS) is 10.5. The minimum atomic E-state index is -1.23. The Morgan fingerprint density at radius 1 is 1.60 bits per heavy atom. The van der Waals surface area contributed by atoms with Gasteiger partial charge in [0, 0.05) is 12.1 Å². The molecule has 0 aliphatic heterocycles. The smallest absolute Gasteiger partial charge is 0.404 e. The maximum atomic E-state index is 13.1. The number of amides is 1. The van der Waals surface area contributed by atoms with Gasteiger partial charge in [0.25, 0.3) is 0 Å². The fraction of sp³-hybridized carbons (Fsp3) is 0.111. The number of carbonyl (C=O) groups is 1. The fourth-order valence-corrected chi connectivity index (χ4v) is 1.05. The van der Waals surface area contributed by atoms with Crippen molar-refractivity contribution in [3.63, 3.8) is 0 Å². The number of oxime groups is 1. The molecule has 3 N–H and O–H groups in total. The summed E-state index contributed by atoms with van der Waals surface area (Å²) in [5, 5.41) is 21.4. The van der Waals surface area contributed by atoms with Crippen molar-refractivity contribution in [3.8, 4) is 0 Å². The van der Waals surface area contributed by atoms with Crippen molar-refractivity contribution in [2.75, 3.05) is 0 Å². The Morgan fingerprint density at radius 2 is 2.33 bits per heavy atom. The van der Waals surface area contributed by atoms with E-state index in [-0.39, 0.29) is 12.1 Å². The van der Waals surface area contributed by atoms with Crippen LogP contribution in [0.1, 0.15) is 11.1 Å². The van der Waals surface area contributed by atoms with E-state index in [1.807, 2.05) is 5.32 Å². The van der Waals surface area contributed by atoms with Gasteiger partial charge in [-0.1, -0.05) is 11.2 Å². The van der Waals surface area contributed by atoms with Gasteiger partial charge < -0.3 is 15.6 Å². The van der Waals surface area contributed by atoms with E-state index >= 15 is 0 Å². The Balaban J connectivity index is 2.85. The van der Waals surface area contributed by atoms with E-state index < -0.39 is 11.9 Å². The number of hydrogen-bond acceptors (Lipinski definition) is 3. The van der Waals surface area contributed by atoms with E-state index in [2.05, 4.69) is 5.16 Å². The number of halogens is 1. The first-order chi connectivity index (χ1) is 7.13. The van der Waals surface area contributed by atoms with E-state index in [1.54, 1.807) is 0 Å². The number of nitrogens with zero attached hydrogens (tertiary/aromatic N) is 1. The summed E-state index contributed by atoms with van der Waals surface area (Å²) in [6.07, 6.45) is -0.0976. The predicted octanol–water partition coefficient (Wildman–Crippen LogP) is 1.40. The lowest BCUT2D eigenvalue weighted by Crippen LogP contribution is -2.20. The summed E-state index contributed by atoms with van der Waals surface area (Å²) in [4.78, 5) is 10.2. The fourth-order valence-electron chi connectivity index (χ4n) is 1.05. The first-order valence-corrected chi connectivity index (χ1v) is 4.06. The van der Waals surface area contributed by atoms with Crippen LogP contribution in [0.15, 0.2) is 23.4 Å². The van der Waals surface area contributed by atoms with E-state index in [0.717, 1.165) is 6.21 Å². The van der Waals surface area contributed by atoms with Gasteiger partial charge in [0.15, 0.2) is 0 Å². The predicted molar refractivity (Wildman–Crippen MR) is 50.6 cm³/mol. The monoisotopic (exact) mass is 212 g/mol. The van der Waals surface area contributed by atoms with Crippen molar-refractivity contribution in [3.05, 3.63) is 35.1 Å². The molecule has 0 fully saturated rings. The highest BCUT2D eigenvalue weighted by atomic mass is 19.1. The lowest BCUT2D eigenvalue weighted by molar-refractivity contribution is 0.194. The topological polar surface area (TPSA) is 81.9 Å². The molecule has 6 heteroatoms. The molecular weight excluding hydrogens is 203 g/mol. The molecule has 0 aromatic heterocycles. The number of hydrogen-bond donors (Lipinski definition) is 3. The molecule has 1 aromatic carbocycles. The quantitative estimate of drug-likeness (QED) is 0.402. The van der Waals surface area contributed by atoms with Crippen molar-refractivity contribution in [1.29, 1.82) is 0 Å². The Bertz CT molecular complexity index is 393. The summed E-state index contributed by atoms with van der Waals surface area (Å²) in [6.45, 7) is -0.131. The van der Waals surface area contributed by atoms with E-state index in [9.17, 15) is 9.18 Å². The van der Waals surface area contributed by atoms with Crippen molar-refractivity contribution in [2.24, 2.45) is 5.16 Å². The SMILES string of the molecule is O=C(O)NCc1cc(/C=N/O)ccc1F. The molecule has 0 bridgehead atoms. The zero-order valence-electron chi connectivity index (χ0n) is 7.64.